The van der Waals surface area contributed by atoms with E-state index < -0.39 is 5.91 Å². The lowest BCUT2D eigenvalue weighted by molar-refractivity contribution is 0.100. The van der Waals surface area contributed by atoms with Crippen molar-refractivity contribution < 1.29 is 9.59 Å². The Morgan fingerprint density at radius 1 is 1.23 bits per heavy atom. The Morgan fingerprint density at radius 3 is 2.77 bits per heavy atom. The minimum Gasteiger partial charge on any atom is -0.366 e. The molecule has 1 aromatic heterocycles. The van der Waals surface area contributed by atoms with E-state index >= 15 is 0 Å². The fourth-order valence-electron chi connectivity index (χ4n) is 2.97. The van der Waals surface area contributed by atoms with Gasteiger partial charge in [0, 0.05) is 10.3 Å². The van der Waals surface area contributed by atoms with Crippen LogP contribution in [-0.2, 0) is 12.8 Å². The molecule has 1 aliphatic rings. The van der Waals surface area contributed by atoms with Gasteiger partial charge in [-0.25, -0.2) is 0 Å². The molecular weight excluding hydrogens is 296 g/mol. The standard InChI is InChI=1S/C17H18N2O2S/c1-10-5-4-7-13(15(10)16(18)20)19-17(21)12-9-22-14-8-3-2-6-11(12)14/h4-5,7,9H,2-3,6,8H2,1H3,(H2,18,20)(H,19,21). The van der Waals surface area contributed by atoms with Crippen LogP contribution < -0.4 is 11.1 Å². The Balaban J connectivity index is 1.91. The highest BCUT2D eigenvalue weighted by molar-refractivity contribution is 7.10. The summed E-state index contributed by atoms with van der Waals surface area (Å²) < 4.78 is 0. The summed E-state index contributed by atoms with van der Waals surface area (Å²) in [5.41, 5.74) is 8.95. The highest BCUT2D eigenvalue weighted by Gasteiger charge is 2.21. The number of benzene rings is 1. The number of primary amides is 1. The number of fused-ring (bicyclic) bond motifs is 1. The molecule has 2 amide bonds. The molecule has 22 heavy (non-hydrogen) atoms. The van der Waals surface area contributed by atoms with Crippen molar-refractivity contribution in [1.29, 1.82) is 0 Å². The highest BCUT2D eigenvalue weighted by Crippen LogP contribution is 2.31. The lowest BCUT2D eigenvalue weighted by Gasteiger charge is -2.14. The maximum Gasteiger partial charge on any atom is 0.256 e. The second-order valence-corrected chi connectivity index (χ2v) is 6.54. The molecule has 0 radical (unpaired) electrons. The summed E-state index contributed by atoms with van der Waals surface area (Å²) in [6.45, 7) is 1.81. The smallest absolute Gasteiger partial charge is 0.256 e. The average Bonchev–Trinajstić information content (AvgIpc) is 2.90. The predicted octanol–water partition coefficient (Wildman–Crippen LogP) is 3.29. The van der Waals surface area contributed by atoms with Crippen LogP contribution in [0.2, 0.25) is 0 Å². The van der Waals surface area contributed by atoms with Gasteiger partial charge >= 0.3 is 0 Å². The molecule has 0 saturated heterocycles. The molecule has 0 atom stereocenters. The minimum atomic E-state index is -0.527. The molecule has 0 fully saturated rings. The number of nitrogens with one attached hydrogen (secondary N) is 1. The zero-order chi connectivity index (χ0) is 15.7. The van der Waals surface area contributed by atoms with Crippen LogP contribution in [0.15, 0.2) is 23.6 Å². The predicted molar refractivity (Wildman–Crippen MR) is 88.6 cm³/mol. The van der Waals surface area contributed by atoms with Gasteiger partial charge in [0.25, 0.3) is 11.8 Å². The lowest BCUT2D eigenvalue weighted by atomic mass is 9.95. The zero-order valence-corrected chi connectivity index (χ0v) is 13.3. The van der Waals surface area contributed by atoms with E-state index in [0.717, 1.165) is 30.4 Å². The van der Waals surface area contributed by atoms with Gasteiger partial charge in [-0.1, -0.05) is 12.1 Å². The second kappa shape index (κ2) is 5.93. The first-order chi connectivity index (χ1) is 10.6. The molecule has 1 aliphatic carbocycles. The largest absolute Gasteiger partial charge is 0.366 e. The third-order valence-corrected chi connectivity index (χ3v) is 5.16. The van der Waals surface area contributed by atoms with Crippen LogP contribution >= 0.6 is 11.3 Å². The SMILES string of the molecule is Cc1cccc(NC(=O)c2csc3c2CCCC3)c1C(N)=O. The molecule has 0 aliphatic heterocycles. The Bertz CT molecular complexity index is 749. The van der Waals surface area contributed by atoms with Crippen LogP contribution in [0.5, 0.6) is 0 Å². The van der Waals surface area contributed by atoms with Crippen molar-refractivity contribution in [3.63, 3.8) is 0 Å². The average molecular weight is 314 g/mol. The van der Waals surface area contributed by atoms with Gasteiger partial charge in [-0.15, -0.1) is 11.3 Å². The molecule has 1 heterocycles. The summed E-state index contributed by atoms with van der Waals surface area (Å²) in [5, 5.41) is 4.77. The summed E-state index contributed by atoms with van der Waals surface area (Å²) in [4.78, 5) is 25.5. The number of nitrogens with two attached hydrogens (primary N) is 1. The number of aryl methyl sites for hydroxylation is 2. The van der Waals surface area contributed by atoms with E-state index in [1.807, 2.05) is 18.4 Å². The molecule has 3 rings (SSSR count). The maximum atomic E-state index is 12.6. The summed E-state index contributed by atoms with van der Waals surface area (Å²) >= 11 is 1.65. The van der Waals surface area contributed by atoms with Crippen molar-refractivity contribution in [3.05, 3.63) is 50.7 Å². The van der Waals surface area contributed by atoms with E-state index in [9.17, 15) is 9.59 Å². The van der Waals surface area contributed by atoms with Gasteiger partial charge in [-0.3, -0.25) is 9.59 Å². The minimum absolute atomic E-state index is 0.160. The molecule has 3 N–H and O–H groups in total. The third-order valence-electron chi connectivity index (χ3n) is 4.07. The van der Waals surface area contributed by atoms with E-state index in [0.29, 0.717) is 11.3 Å². The van der Waals surface area contributed by atoms with Crippen LogP contribution in [-0.4, -0.2) is 11.8 Å². The number of carbonyl (C=O) groups excluding carboxylic acids is 2. The normalized spacial score (nSPS) is 13.5. The van der Waals surface area contributed by atoms with Crippen LogP contribution in [0.3, 0.4) is 0 Å². The van der Waals surface area contributed by atoms with Gasteiger partial charge in [0.05, 0.1) is 16.8 Å². The van der Waals surface area contributed by atoms with E-state index in [1.54, 1.807) is 23.5 Å². The van der Waals surface area contributed by atoms with Crippen LogP contribution in [0.1, 0.15) is 49.6 Å². The Kier molecular flexibility index (Phi) is 3.98. The maximum absolute atomic E-state index is 12.6. The van der Waals surface area contributed by atoms with Crippen molar-refractivity contribution >= 4 is 28.8 Å². The fraction of sp³-hybridized carbons (Fsp3) is 0.294. The van der Waals surface area contributed by atoms with Crippen molar-refractivity contribution in [2.45, 2.75) is 32.6 Å². The molecule has 0 saturated carbocycles. The van der Waals surface area contributed by atoms with Gasteiger partial charge in [0.15, 0.2) is 0 Å². The van der Waals surface area contributed by atoms with Gasteiger partial charge in [-0.05, 0) is 49.8 Å². The van der Waals surface area contributed by atoms with Crippen LogP contribution in [0, 0.1) is 6.92 Å². The number of rotatable bonds is 3. The fourth-order valence-corrected chi connectivity index (χ4v) is 4.10. The van der Waals surface area contributed by atoms with Crippen LogP contribution in [0.4, 0.5) is 5.69 Å². The summed E-state index contributed by atoms with van der Waals surface area (Å²) in [7, 11) is 0. The zero-order valence-electron chi connectivity index (χ0n) is 12.4. The molecule has 2 aromatic rings. The third kappa shape index (κ3) is 2.64. The van der Waals surface area contributed by atoms with E-state index in [1.165, 1.54) is 16.9 Å². The number of hydrogen-bond donors (Lipinski definition) is 2. The van der Waals surface area contributed by atoms with Crippen molar-refractivity contribution in [2.24, 2.45) is 5.73 Å². The molecule has 5 heteroatoms. The van der Waals surface area contributed by atoms with Gasteiger partial charge in [0.1, 0.15) is 0 Å². The molecule has 1 aromatic carbocycles. The molecule has 0 bridgehead atoms. The first-order valence-corrected chi connectivity index (χ1v) is 8.26. The Morgan fingerprint density at radius 2 is 2.00 bits per heavy atom. The quantitative estimate of drug-likeness (QED) is 0.912. The van der Waals surface area contributed by atoms with Crippen molar-refractivity contribution in [2.75, 3.05) is 5.32 Å². The Labute approximate surface area is 133 Å². The van der Waals surface area contributed by atoms with Gasteiger partial charge in [-0.2, -0.15) is 0 Å². The van der Waals surface area contributed by atoms with E-state index in [4.69, 9.17) is 5.73 Å². The Hall–Kier alpha value is -2.14. The molecule has 0 spiro atoms. The molecule has 114 valence electrons. The highest BCUT2D eigenvalue weighted by atomic mass is 32.1. The lowest BCUT2D eigenvalue weighted by Crippen LogP contribution is -2.20. The first kappa shape index (κ1) is 14.8. The number of hydrogen-bond acceptors (Lipinski definition) is 3. The number of carbonyl (C=O) groups is 2. The molecule has 4 nitrogen and oxygen atoms in total. The van der Waals surface area contributed by atoms with Gasteiger partial charge < -0.3 is 11.1 Å². The second-order valence-electron chi connectivity index (χ2n) is 5.57. The van der Waals surface area contributed by atoms with E-state index in [-0.39, 0.29) is 5.91 Å². The summed E-state index contributed by atoms with van der Waals surface area (Å²) in [5.74, 6) is -0.687. The summed E-state index contributed by atoms with van der Waals surface area (Å²) in [6.07, 6.45) is 4.33. The number of anilines is 1. The monoisotopic (exact) mass is 314 g/mol. The van der Waals surface area contributed by atoms with Crippen molar-refractivity contribution in [1.82, 2.24) is 0 Å². The first-order valence-electron chi connectivity index (χ1n) is 7.38. The topological polar surface area (TPSA) is 72.2 Å². The summed E-state index contributed by atoms with van der Waals surface area (Å²) in [6, 6.07) is 5.33. The number of amides is 2. The van der Waals surface area contributed by atoms with Gasteiger partial charge in [0.2, 0.25) is 0 Å². The molecule has 0 unspecified atom stereocenters. The van der Waals surface area contributed by atoms with Crippen molar-refractivity contribution in [3.8, 4) is 0 Å². The van der Waals surface area contributed by atoms with Crippen LogP contribution in [0.25, 0.3) is 0 Å². The molecular formula is C17H18N2O2S. The van der Waals surface area contributed by atoms with E-state index in [2.05, 4.69) is 5.32 Å². The number of thiophene rings is 1.